The number of ether oxygens (including phenoxy) is 2. The van der Waals surface area contributed by atoms with Gasteiger partial charge in [-0.15, -0.1) is 0 Å². The Morgan fingerprint density at radius 3 is 2.30 bits per heavy atom. The molecule has 1 aromatic carbocycles. The molecule has 0 saturated carbocycles. The van der Waals surface area contributed by atoms with E-state index in [0.29, 0.717) is 18.9 Å². The van der Waals surface area contributed by atoms with E-state index in [9.17, 15) is 5.21 Å². The first kappa shape index (κ1) is 17.4. The zero-order valence-corrected chi connectivity index (χ0v) is 13.8. The summed E-state index contributed by atoms with van der Waals surface area (Å²) < 4.78 is 12.1. The molecule has 0 radical (unpaired) electrons. The van der Waals surface area contributed by atoms with Crippen LogP contribution in [0.2, 0.25) is 4.82 Å². The minimum absolute atomic E-state index is 0.0221. The fraction of sp³-hybridized carbons (Fsp3) is 0.571. The van der Waals surface area contributed by atoms with Gasteiger partial charge in [-0.1, -0.05) is 0 Å². The third kappa shape index (κ3) is 5.05. The topological polar surface area (TPSA) is 65.0 Å². The van der Waals surface area contributed by atoms with Crippen molar-refractivity contribution in [2.45, 2.75) is 38.3 Å². The van der Waals surface area contributed by atoms with Crippen molar-refractivity contribution >= 4 is 25.1 Å². The predicted octanol–water partition coefficient (Wildman–Crippen LogP) is 2.31. The number of benzene rings is 1. The average Bonchev–Trinajstić information content (AvgIpc) is 2.45. The van der Waals surface area contributed by atoms with Crippen molar-refractivity contribution < 1.29 is 14.7 Å². The van der Waals surface area contributed by atoms with Crippen LogP contribution in [0.15, 0.2) is 24.3 Å². The Balaban J connectivity index is 2.86. The maximum atomic E-state index is 11.2. The molecule has 0 amide bonds. The Morgan fingerprint density at radius 2 is 1.80 bits per heavy atom. The molecule has 0 aliphatic carbocycles. The van der Waals surface area contributed by atoms with E-state index in [1.165, 1.54) is 0 Å². The Morgan fingerprint density at radius 1 is 1.20 bits per heavy atom. The third-order valence-electron chi connectivity index (χ3n) is 2.72. The Kier molecular flexibility index (Phi) is 8.14. The molecule has 0 spiro atoms. The second-order valence-corrected chi connectivity index (χ2v) is 6.77. The number of hydrogen-bond acceptors (Lipinski definition) is 5. The summed E-state index contributed by atoms with van der Waals surface area (Å²) in [5, 5.41) is 20.3. The first-order valence-electron chi connectivity index (χ1n) is 6.79. The molecule has 1 unspecified atom stereocenters. The van der Waals surface area contributed by atoms with Gasteiger partial charge in [-0.05, 0) is 0 Å². The summed E-state index contributed by atoms with van der Waals surface area (Å²) in [6, 6.07) is 7.09. The molecule has 0 heterocycles. The number of anilines is 1. The van der Waals surface area contributed by atoms with Gasteiger partial charge >= 0.3 is 126 Å². The molecule has 114 valence electrons. The van der Waals surface area contributed by atoms with E-state index in [-0.39, 0.29) is 31.3 Å². The summed E-state index contributed by atoms with van der Waals surface area (Å²) in [6.07, 6.45) is 0.630. The van der Waals surface area contributed by atoms with Crippen LogP contribution in [0.25, 0.3) is 0 Å². The molecule has 0 aliphatic heterocycles. The Bertz CT molecular complexity index is 383. The van der Waals surface area contributed by atoms with E-state index in [2.05, 4.69) is 6.92 Å². The van der Waals surface area contributed by atoms with E-state index >= 15 is 0 Å². The van der Waals surface area contributed by atoms with Gasteiger partial charge < -0.3 is 0 Å². The fourth-order valence-corrected chi connectivity index (χ4v) is 4.29. The van der Waals surface area contributed by atoms with Crippen molar-refractivity contribution in [3.63, 3.8) is 0 Å². The van der Waals surface area contributed by atoms with Crippen molar-refractivity contribution in [1.29, 1.82) is 0 Å². The minimum atomic E-state index is -0.262. The molecule has 1 aromatic rings. The van der Waals surface area contributed by atoms with Crippen LogP contribution in [0, 0.1) is 5.21 Å². The van der Waals surface area contributed by atoms with Gasteiger partial charge in [-0.2, -0.15) is 0 Å². The van der Waals surface area contributed by atoms with Crippen LogP contribution >= 0.6 is 0 Å². The van der Waals surface area contributed by atoms with Gasteiger partial charge in [0.25, 0.3) is 0 Å². The van der Waals surface area contributed by atoms with Crippen molar-refractivity contribution in [1.82, 2.24) is 0 Å². The second-order valence-electron chi connectivity index (χ2n) is 4.08. The standard InChI is InChI=1S/C14H22NO4Se/c1-4-12(14(18-5-2)19-6-3)20-13-10-8-7-9-11(13)15(16)17/h7-10,12,14,16H,4-6H2,1-3H3/q-1. The molecule has 5 nitrogen and oxygen atoms in total. The summed E-state index contributed by atoms with van der Waals surface area (Å²) in [5.74, 6) is 0. The zero-order chi connectivity index (χ0) is 15.0. The molecular formula is C14H22NO4Se-. The molecule has 20 heavy (non-hydrogen) atoms. The van der Waals surface area contributed by atoms with Crippen LogP contribution in [0.3, 0.4) is 0 Å². The van der Waals surface area contributed by atoms with Crippen LogP contribution in [0.4, 0.5) is 5.69 Å². The van der Waals surface area contributed by atoms with Crippen LogP contribution in [0.5, 0.6) is 0 Å². The maximum absolute atomic E-state index is 11.2. The molecular weight excluding hydrogens is 325 g/mol. The molecule has 1 N–H and O–H groups in total. The van der Waals surface area contributed by atoms with Crippen LogP contribution < -0.4 is 9.69 Å². The summed E-state index contributed by atoms with van der Waals surface area (Å²) in [6.45, 7) is 7.13. The molecule has 0 fully saturated rings. The summed E-state index contributed by atoms with van der Waals surface area (Å²) in [4.78, 5) is 0.198. The van der Waals surface area contributed by atoms with Gasteiger partial charge in [0.15, 0.2) is 0 Å². The molecule has 1 rings (SSSR count). The van der Waals surface area contributed by atoms with Gasteiger partial charge in [0.05, 0.1) is 0 Å². The zero-order valence-electron chi connectivity index (χ0n) is 12.1. The van der Waals surface area contributed by atoms with Crippen molar-refractivity contribution in [2.75, 3.05) is 18.4 Å². The summed E-state index contributed by atoms with van der Waals surface area (Å²) in [5.41, 5.74) is 0.303. The number of rotatable bonds is 9. The van der Waals surface area contributed by atoms with Gasteiger partial charge in [-0.25, -0.2) is 0 Å². The quantitative estimate of drug-likeness (QED) is 0.422. The number of hydrogen-bond donors (Lipinski definition) is 1. The number of para-hydroxylation sites is 1. The van der Waals surface area contributed by atoms with Gasteiger partial charge in [0, 0.05) is 0 Å². The molecule has 0 bridgehead atoms. The Labute approximate surface area is 126 Å². The van der Waals surface area contributed by atoms with Crippen LogP contribution in [0.1, 0.15) is 27.2 Å². The monoisotopic (exact) mass is 348 g/mol. The van der Waals surface area contributed by atoms with Gasteiger partial charge in [0.1, 0.15) is 0 Å². The molecule has 1 atom stereocenters. The van der Waals surface area contributed by atoms with E-state index in [0.717, 1.165) is 10.9 Å². The molecule has 6 heteroatoms. The van der Waals surface area contributed by atoms with E-state index in [1.54, 1.807) is 12.1 Å². The summed E-state index contributed by atoms with van der Waals surface area (Å²) in [7, 11) is 0. The fourth-order valence-electron chi connectivity index (χ4n) is 1.80. The van der Waals surface area contributed by atoms with Crippen molar-refractivity contribution in [2.24, 2.45) is 0 Å². The normalized spacial score (nSPS) is 12.7. The van der Waals surface area contributed by atoms with Gasteiger partial charge in [0.2, 0.25) is 0 Å². The summed E-state index contributed by atoms with van der Waals surface area (Å²) >= 11 is -0.0221. The second kappa shape index (κ2) is 9.34. The third-order valence-corrected chi connectivity index (χ3v) is 5.78. The molecule has 0 aromatic heterocycles. The van der Waals surface area contributed by atoms with Crippen molar-refractivity contribution in [3.05, 3.63) is 29.5 Å². The van der Waals surface area contributed by atoms with Gasteiger partial charge in [-0.3, -0.25) is 0 Å². The van der Waals surface area contributed by atoms with Crippen LogP contribution in [-0.4, -0.2) is 39.7 Å². The number of nitrogens with zero attached hydrogens (tertiary/aromatic N) is 1. The van der Waals surface area contributed by atoms with E-state index < -0.39 is 0 Å². The Hall–Kier alpha value is -0.621. The predicted molar refractivity (Wildman–Crippen MR) is 80.5 cm³/mol. The molecule has 0 saturated heterocycles. The van der Waals surface area contributed by atoms with Crippen molar-refractivity contribution in [3.8, 4) is 0 Å². The average molecular weight is 347 g/mol. The van der Waals surface area contributed by atoms with Crippen LogP contribution in [-0.2, 0) is 9.47 Å². The molecule has 0 aliphatic rings. The first-order valence-corrected chi connectivity index (χ1v) is 8.63. The van der Waals surface area contributed by atoms with E-state index in [1.807, 2.05) is 26.0 Å². The SMILES string of the molecule is CCOC(OCC)C(CC)[Se]c1ccccc1N([O-])O. The first-order chi connectivity index (χ1) is 9.63. The van der Waals surface area contributed by atoms with E-state index in [4.69, 9.17) is 14.7 Å².